The monoisotopic (exact) mass is 609 g/mol. The fourth-order valence-corrected chi connectivity index (χ4v) is 5.96. The summed E-state index contributed by atoms with van der Waals surface area (Å²) in [7, 11) is 0. The number of nitrogens with one attached hydrogen (secondary N) is 1. The van der Waals surface area contributed by atoms with Gasteiger partial charge in [-0.3, -0.25) is 14.6 Å². The van der Waals surface area contributed by atoms with Crippen LogP contribution in [0.2, 0.25) is 15.1 Å². The molecule has 1 fully saturated rings. The molecule has 1 aliphatic carbocycles. The number of carbonyl (C=O) groups excluding carboxylic acids is 2. The summed E-state index contributed by atoms with van der Waals surface area (Å²) in [5.41, 5.74) is 9.77. The van der Waals surface area contributed by atoms with Crippen LogP contribution < -0.4 is 11.1 Å². The minimum absolute atomic E-state index is 0.0931. The molecular weight excluding hydrogens is 581 g/mol. The molecule has 2 aromatic heterocycles. The number of hydrogen-bond acceptors (Lipinski definition) is 4. The molecule has 3 N–H and O–H groups in total. The molecule has 10 heteroatoms. The fourth-order valence-electron chi connectivity index (χ4n) is 5.54. The number of aromatic nitrogens is 3. The molecule has 2 heterocycles. The van der Waals surface area contributed by atoms with Crippen LogP contribution in [0.15, 0.2) is 73.1 Å². The number of pyridine rings is 1. The van der Waals surface area contributed by atoms with Crippen molar-refractivity contribution >= 4 is 46.6 Å². The van der Waals surface area contributed by atoms with Gasteiger partial charge >= 0.3 is 0 Å². The van der Waals surface area contributed by atoms with Gasteiger partial charge in [0.2, 0.25) is 11.8 Å². The van der Waals surface area contributed by atoms with Crippen LogP contribution in [0.25, 0.3) is 16.9 Å². The average Bonchev–Trinajstić information content (AvgIpc) is 3.38. The number of nitrogens with two attached hydrogens (primary N) is 1. The molecule has 4 aromatic rings. The van der Waals surface area contributed by atoms with Gasteiger partial charge in [-0.2, -0.15) is 5.10 Å². The Morgan fingerprint density at radius 2 is 1.83 bits per heavy atom. The zero-order valence-corrected chi connectivity index (χ0v) is 24.9. The number of rotatable bonds is 9. The third-order valence-corrected chi connectivity index (χ3v) is 9.12. The average molecular weight is 611 g/mol. The van der Waals surface area contributed by atoms with Crippen LogP contribution in [0.1, 0.15) is 43.9 Å². The van der Waals surface area contributed by atoms with Crippen LogP contribution in [-0.4, -0.2) is 32.6 Å². The summed E-state index contributed by atoms with van der Waals surface area (Å²) >= 11 is 18.5. The third kappa shape index (κ3) is 6.27. The van der Waals surface area contributed by atoms with Gasteiger partial charge in [-0.25, -0.2) is 4.68 Å². The number of benzene rings is 2. The zero-order chi connectivity index (χ0) is 29.3. The first kappa shape index (κ1) is 29.1. The molecule has 2 aromatic carbocycles. The SMILES string of the molecule is CC1(C)[C@@H](CC(=O)N[C@@H](Cc2ccc(Cl)cc2)C(N)=O)C[C@@H]1c1cc(-c2cccnc2)nn1-c1ccc(Cl)c(Cl)c1. The van der Waals surface area contributed by atoms with E-state index in [9.17, 15) is 9.59 Å². The van der Waals surface area contributed by atoms with E-state index in [2.05, 4.69) is 30.2 Å². The standard InChI is InChI=1S/C31H30Cl3N5O2/c1-31(2)20(14-29(40)37-27(30(35)41)12-18-5-7-21(32)8-6-18)13-23(31)28-16-26(19-4-3-11-36-17-19)38-39(28)22-9-10-24(33)25(34)15-22/h3-11,15-17,20,23,27H,12-14H2,1-2H3,(H2,35,41)(H,37,40)/t20-,23-,27+/m1/s1. The molecule has 0 saturated heterocycles. The van der Waals surface area contributed by atoms with Crippen molar-refractivity contribution in [3.05, 3.63) is 99.4 Å². The van der Waals surface area contributed by atoms with Gasteiger partial charge in [0.25, 0.3) is 0 Å². The molecule has 0 spiro atoms. The van der Waals surface area contributed by atoms with E-state index in [1.165, 1.54) is 0 Å². The maximum absolute atomic E-state index is 13.1. The van der Waals surface area contributed by atoms with E-state index >= 15 is 0 Å². The van der Waals surface area contributed by atoms with Crippen LogP contribution in [-0.2, 0) is 16.0 Å². The largest absolute Gasteiger partial charge is 0.368 e. The van der Waals surface area contributed by atoms with E-state index in [0.29, 0.717) is 21.5 Å². The Labute approximate surface area is 254 Å². The first-order valence-electron chi connectivity index (χ1n) is 13.3. The van der Waals surface area contributed by atoms with Gasteiger partial charge in [0.1, 0.15) is 6.04 Å². The number of primary amides is 1. The number of halogens is 3. The van der Waals surface area contributed by atoms with Gasteiger partial charge in [-0.1, -0.05) is 60.8 Å². The van der Waals surface area contributed by atoms with Crippen LogP contribution in [0.5, 0.6) is 0 Å². The molecule has 0 unspecified atom stereocenters. The van der Waals surface area contributed by atoms with Gasteiger partial charge in [0.15, 0.2) is 0 Å². The first-order valence-corrected chi connectivity index (χ1v) is 14.4. The molecule has 3 atom stereocenters. The molecule has 0 radical (unpaired) electrons. The molecule has 0 aliphatic heterocycles. The lowest BCUT2D eigenvalue weighted by Crippen LogP contribution is -2.49. The molecular formula is C31H30Cl3N5O2. The van der Waals surface area contributed by atoms with Crippen LogP contribution in [0.4, 0.5) is 0 Å². The summed E-state index contributed by atoms with van der Waals surface area (Å²) in [5, 5.41) is 9.28. The Morgan fingerprint density at radius 1 is 1.07 bits per heavy atom. The Balaban J connectivity index is 1.34. The summed E-state index contributed by atoms with van der Waals surface area (Å²) in [4.78, 5) is 29.5. The van der Waals surface area contributed by atoms with Crippen molar-refractivity contribution in [2.24, 2.45) is 17.1 Å². The van der Waals surface area contributed by atoms with Crippen molar-refractivity contribution in [1.29, 1.82) is 0 Å². The highest BCUT2D eigenvalue weighted by atomic mass is 35.5. The maximum Gasteiger partial charge on any atom is 0.240 e. The third-order valence-electron chi connectivity index (χ3n) is 8.13. The second-order valence-corrected chi connectivity index (χ2v) is 12.3. The smallest absolute Gasteiger partial charge is 0.240 e. The van der Waals surface area contributed by atoms with Gasteiger partial charge < -0.3 is 11.1 Å². The minimum atomic E-state index is -0.805. The van der Waals surface area contributed by atoms with E-state index in [0.717, 1.165) is 34.6 Å². The summed E-state index contributed by atoms with van der Waals surface area (Å²) in [5.74, 6) is -0.565. The van der Waals surface area contributed by atoms with E-state index in [-0.39, 0.29) is 29.6 Å². The summed E-state index contributed by atoms with van der Waals surface area (Å²) < 4.78 is 1.91. The van der Waals surface area contributed by atoms with Crippen LogP contribution in [0, 0.1) is 11.3 Å². The van der Waals surface area contributed by atoms with Crippen molar-refractivity contribution < 1.29 is 9.59 Å². The molecule has 41 heavy (non-hydrogen) atoms. The lowest BCUT2D eigenvalue weighted by molar-refractivity contribution is -0.130. The summed E-state index contributed by atoms with van der Waals surface area (Å²) in [6, 6.07) is 17.7. The summed E-state index contributed by atoms with van der Waals surface area (Å²) in [6.45, 7) is 4.32. The number of amides is 2. The maximum atomic E-state index is 13.1. The van der Waals surface area contributed by atoms with Crippen molar-refractivity contribution in [3.63, 3.8) is 0 Å². The summed E-state index contributed by atoms with van der Waals surface area (Å²) in [6.07, 6.45) is 4.87. The molecule has 1 saturated carbocycles. The topological polar surface area (TPSA) is 103 Å². The Bertz CT molecular complexity index is 1570. The highest BCUT2D eigenvalue weighted by molar-refractivity contribution is 6.42. The zero-order valence-electron chi connectivity index (χ0n) is 22.7. The Hall–Kier alpha value is -3.39. The van der Waals surface area contributed by atoms with Gasteiger partial charge in [-0.05, 0) is 71.8 Å². The van der Waals surface area contributed by atoms with Gasteiger partial charge in [0.05, 0.1) is 21.4 Å². The van der Waals surface area contributed by atoms with E-state index in [1.54, 1.807) is 36.7 Å². The molecule has 0 bridgehead atoms. The lowest BCUT2D eigenvalue weighted by atomic mass is 9.52. The molecule has 212 valence electrons. The van der Waals surface area contributed by atoms with Crippen LogP contribution >= 0.6 is 34.8 Å². The number of hydrogen-bond donors (Lipinski definition) is 2. The second kappa shape index (κ2) is 11.8. The van der Waals surface area contributed by atoms with Gasteiger partial charge in [-0.15, -0.1) is 0 Å². The van der Waals surface area contributed by atoms with E-state index < -0.39 is 11.9 Å². The van der Waals surface area contributed by atoms with Crippen molar-refractivity contribution in [2.75, 3.05) is 0 Å². The Kier molecular flexibility index (Phi) is 8.41. The van der Waals surface area contributed by atoms with Crippen molar-refractivity contribution in [1.82, 2.24) is 20.1 Å². The Morgan fingerprint density at radius 3 is 2.46 bits per heavy atom. The highest BCUT2D eigenvalue weighted by Crippen LogP contribution is 2.58. The first-order chi connectivity index (χ1) is 19.5. The quantitative estimate of drug-likeness (QED) is 0.222. The molecule has 1 aliphatic rings. The lowest BCUT2D eigenvalue weighted by Gasteiger charge is -2.52. The molecule has 2 amide bonds. The highest BCUT2D eigenvalue weighted by Gasteiger charge is 2.50. The number of carbonyl (C=O) groups is 2. The fraction of sp³-hybridized carbons (Fsp3) is 0.290. The normalized spacial score (nSPS) is 18.4. The number of nitrogens with zero attached hydrogens (tertiary/aromatic N) is 3. The van der Waals surface area contributed by atoms with Gasteiger partial charge in [0, 0.05) is 47.4 Å². The van der Waals surface area contributed by atoms with Crippen molar-refractivity contribution in [2.45, 2.75) is 45.1 Å². The van der Waals surface area contributed by atoms with E-state index in [4.69, 9.17) is 45.6 Å². The second-order valence-electron chi connectivity index (χ2n) is 11.1. The molecule has 7 nitrogen and oxygen atoms in total. The predicted octanol–water partition coefficient (Wildman–Crippen LogP) is 6.63. The van der Waals surface area contributed by atoms with E-state index in [1.807, 2.05) is 35.0 Å². The minimum Gasteiger partial charge on any atom is -0.368 e. The molecule has 5 rings (SSSR count). The predicted molar refractivity (Wildman–Crippen MR) is 162 cm³/mol. The van der Waals surface area contributed by atoms with Crippen molar-refractivity contribution in [3.8, 4) is 16.9 Å². The van der Waals surface area contributed by atoms with Crippen LogP contribution in [0.3, 0.4) is 0 Å².